The average molecular weight is 341 g/mol. The molecule has 0 saturated heterocycles. The molecule has 0 saturated carbocycles. The van der Waals surface area contributed by atoms with Crippen LogP contribution < -0.4 is 4.74 Å². The van der Waals surface area contributed by atoms with Crippen LogP contribution >= 0.6 is 0 Å². The molecule has 2 aromatic carbocycles. The van der Waals surface area contributed by atoms with E-state index in [0.717, 1.165) is 10.4 Å². The Balaban J connectivity index is 2.33. The smallest absolute Gasteiger partial charge is 0.246 e. The molecule has 0 amide bonds. The minimum Gasteiger partial charge on any atom is -0.494 e. The number of hydrogen-bond donors (Lipinski definition) is 0. The van der Waals surface area contributed by atoms with Gasteiger partial charge in [0.15, 0.2) is 11.6 Å². The van der Waals surface area contributed by atoms with Crippen LogP contribution in [0.1, 0.15) is 12.5 Å². The maximum Gasteiger partial charge on any atom is 0.246 e. The van der Waals surface area contributed by atoms with E-state index in [1.54, 1.807) is 13.0 Å². The molecular formula is C16H17F2NO3S. The summed E-state index contributed by atoms with van der Waals surface area (Å²) in [5.41, 5.74) is 0.449. The zero-order chi connectivity index (χ0) is 17.0. The first-order valence-electron chi connectivity index (χ1n) is 6.97. The van der Waals surface area contributed by atoms with Gasteiger partial charge in [-0.3, -0.25) is 0 Å². The Kier molecular flexibility index (Phi) is 5.33. The molecule has 0 aliphatic rings. The number of hydrogen-bond acceptors (Lipinski definition) is 3. The molecule has 0 spiro atoms. The lowest BCUT2D eigenvalue weighted by Gasteiger charge is -2.21. The van der Waals surface area contributed by atoms with E-state index in [2.05, 4.69) is 0 Å². The van der Waals surface area contributed by atoms with Crippen LogP contribution in [0.3, 0.4) is 0 Å². The average Bonchev–Trinajstić information content (AvgIpc) is 2.52. The number of sulfonamides is 1. The van der Waals surface area contributed by atoms with Crippen molar-refractivity contribution in [3.05, 3.63) is 59.7 Å². The molecule has 124 valence electrons. The Hall–Kier alpha value is -1.99. The number of ether oxygens (including phenoxy) is 1. The molecule has 0 heterocycles. The van der Waals surface area contributed by atoms with E-state index in [0.29, 0.717) is 5.56 Å². The minimum absolute atomic E-state index is 0.0614. The van der Waals surface area contributed by atoms with Crippen molar-refractivity contribution in [2.75, 3.05) is 13.7 Å². The fourth-order valence-electron chi connectivity index (χ4n) is 2.17. The van der Waals surface area contributed by atoms with E-state index in [9.17, 15) is 17.2 Å². The van der Waals surface area contributed by atoms with Crippen LogP contribution in [0.5, 0.6) is 5.75 Å². The predicted octanol–water partition coefficient (Wildman–Crippen LogP) is 3.18. The number of halogens is 2. The molecule has 0 radical (unpaired) electrons. The monoisotopic (exact) mass is 341 g/mol. The summed E-state index contributed by atoms with van der Waals surface area (Å²) in [5, 5.41) is 0. The first-order chi connectivity index (χ1) is 10.9. The number of rotatable bonds is 6. The highest BCUT2D eigenvalue weighted by molar-refractivity contribution is 7.89. The van der Waals surface area contributed by atoms with Gasteiger partial charge in [0.1, 0.15) is 10.7 Å². The van der Waals surface area contributed by atoms with Gasteiger partial charge in [-0.1, -0.05) is 25.1 Å². The van der Waals surface area contributed by atoms with Crippen molar-refractivity contribution in [3.63, 3.8) is 0 Å². The maximum atomic E-state index is 13.8. The predicted molar refractivity (Wildman–Crippen MR) is 82.6 cm³/mol. The molecule has 2 rings (SSSR count). The van der Waals surface area contributed by atoms with Gasteiger partial charge >= 0.3 is 0 Å². The van der Waals surface area contributed by atoms with Crippen LogP contribution in [0.4, 0.5) is 8.78 Å². The lowest BCUT2D eigenvalue weighted by atomic mass is 10.2. The minimum atomic E-state index is -4.00. The lowest BCUT2D eigenvalue weighted by Crippen LogP contribution is -2.31. The lowest BCUT2D eigenvalue weighted by molar-refractivity contribution is 0.384. The summed E-state index contributed by atoms with van der Waals surface area (Å²) in [4.78, 5) is -0.393. The topological polar surface area (TPSA) is 46.6 Å². The Morgan fingerprint density at radius 1 is 1.09 bits per heavy atom. The first-order valence-corrected chi connectivity index (χ1v) is 8.41. The summed E-state index contributed by atoms with van der Waals surface area (Å²) in [5.74, 6) is -1.31. The van der Waals surface area contributed by atoms with Crippen molar-refractivity contribution in [2.45, 2.75) is 18.4 Å². The number of nitrogens with zero attached hydrogens (tertiary/aromatic N) is 1. The molecule has 0 unspecified atom stereocenters. The van der Waals surface area contributed by atoms with Crippen LogP contribution in [0, 0.1) is 11.6 Å². The van der Waals surface area contributed by atoms with Crippen LogP contribution in [0.2, 0.25) is 0 Å². The number of benzene rings is 2. The summed E-state index contributed by atoms with van der Waals surface area (Å²) >= 11 is 0. The second-order valence-electron chi connectivity index (χ2n) is 4.83. The van der Waals surface area contributed by atoms with Crippen LogP contribution in [-0.2, 0) is 16.6 Å². The van der Waals surface area contributed by atoms with Crippen molar-refractivity contribution in [3.8, 4) is 5.75 Å². The third kappa shape index (κ3) is 3.68. The summed E-state index contributed by atoms with van der Waals surface area (Å²) in [6.45, 7) is 1.71. The maximum absolute atomic E-state index is 13.8. The van der Waals surface area contributed by atoms with E-state index in [4.69, 9.17) is 4.74 Å². The zero-order valence-corrected chi connectivity index (χ0v) is 13.6. The third-order valence-corrected chi connectivity index (χ3v) is 5.34. The van der Waals surface area contributed by atoms with E-state index < -0.39 is 26.6 Å². The summed E-state index contributed by atoms with van der Waals surface area (Å²) < 4.78 is 58.6. The highest BCUT2D eigenvalue weighted by Crippen LogP contribution is 2.23. The van der Waals surface area contributed by atoms with Crippen molar-refractivity contribution < 1.29 is 21.9 Å². The van der Waals surface area contributed by atoms with Gasteiger partial charge in [0.05, 0.1) is 7.11 Å². The van der Waals surface area contributed by atoms with Gasteiger partial charge in [-0.2, -0.15) is 4.31 Å². The molecule has 0 aliphatic carbocycles. The molecule has 0 aliphatic heterocycles. The zero-order valence-electron chi connectivity index (χ0n) is 12.8. The van der Waals surface area contributed by atoms with Gasteiger partial charge in [-0.25, -0.2) is 17.2 Å². The standard InChI is InChI=1S/C16H17F2NO3S/c1-3-19(11-12-8-9-15(22-2)14(18)10-12)23(20,21)16-7-5-4-6-13(16)17/h4-10H,3,11H2,1-2H3. The van der Waals surface area contributed by atoms with Gasteiger partial charge in [0.2, 0.25) is 10.0 Å². The van der Waals surface area contributed by atoms with Crippen LogP contribution in [0.25, 0.3) is 0 Å². The van der Waals surface area contributed by atoms with Gasteiger partial charge in [-0.15, -0.1) is 0 Å². The molecule has 0 fully saturated rings. The molecule has 0 bridgehead atoms. The van der Waals surface area contributed by atoms with Crippen molar-refractivity contribution in [1.82, 2.24) is 4.31 Å². The van der Waals surface area contributed by atoms with Crippen molar-refractivity contribution in [2.24, 2.45) is 0 Å². The second kappa shape index (κ2) is 7.06. The van der Waals surface area contributed by atoms with Crippen LogP contribution in [0.15, 0.2) is 47.4 Å². The Labute approximate surface area is 134 Å². The molecule has 0 atom stereocenters. The third-order valence-electron chi connectivity index (χ3n) is 3.38. The molecule has 2 aromatic rings. The van der Waals surface area contributed by atoms with Gasteiger partial charge < -0.3 is 4.74 Å². The molecule has 0 N–H and O–H groups in total. The van der Waals surface area contributed by atoms with E-state index in [-0.39, 0.29) is 18.8 Å². The van der Waals surface area contributed by atoms with Gasteiger partial charge in [0, 0.05) is 13.1 Å². The second-order valence-corrected chi connectivity index (χ2v) is 6.74. The Morgan fingerprint density at radius 3 is 2.35 bits per heavy atom. The molecule has 23 heavy (non-hydrogen) atoms. The van der Waals surface area contributed by atoms with Crippen molar-refractivity contribution >= 4 is 10.0 Å². The number of methoxy groups -OCH3 is 1. The summed E-state index contributed by atoms with van der Waals surface area (Å²) in [6, 6.07) is 9.38. The van der Waals surface area contributed by atoms with E-state index >= 15 is 0 Å². The molecular weight excluding hydrogens is 324 g/mol. The quantitative estimate of drug-likeness (QED) is 0.811. The normalized spacial score (nSPS) is 11.7. The summed E-state index contributed by atoms with van der Waals surface area (Å²) in [6.07, 6.45) is 0. The molecule has 0 aromatic heterocycles. The first kappa shape index (κ1) is 17.4. The van der Waals surface area contributed by atoms with Gasteiger partial charge in [-0.05, 0) is 29.8 Å². The van der Waals surface area contributed by atoms with E-state index in [1.165, 1.54) is 37.4 Å². The fourth-order valence-corrected chi connectivity index (χ4v) is 3.67. The van der Waals surface area contributed by atoms with E-state index in [1.807, 2.05) is 0 Å². The molecule has 7 heteroatoms. The SMILES string of the molecule is CCN(Cc1ccc(OC)c(F)c1)S(=O)(=O)c1ccccc1F. The van der Waals surface area contributed by atoms with Crippen molar-refractivity contribution in [1.29, 1.82) is 0 Å². The Morgan fingerprint density at radius 2 is 1.78 bits per heavy atom. The van der Waals surface area contributed by atoms with Gasteiger partial charge in [0.25, 0.3) is 0 Å². The highest BCUT2D eigenvalue weighted by atomic mass is 32.2. The van der Waals surface area contributed by atoms with Crippen LogP contribution in [-0.4, -0.2) is 26.4 Å². The summed E-state index contributed by atoms with van der Waals surface area (Å²) in [7, 11) is -2.66. The highest BCUT2D eigenvalue weighted by Gasteiger charge is 2.26. The fraction of sp³-hybridized carbons (Fsp3) is 0.250. The largest absolute Gasteiger partial charge is 0.494 e. The molecule has 4 nitrogen and oxygen atoms in total. The Bertz CT molecular complexity index is 794.